The Kier molecular flexibility index (Phi) is 7.36. The Hall–Kier alpha value is -1.77. The molecule has 8 heteroatoms. The SMILES string of the molecule is CCOCCCNC(=O)CSc1nc(-c2ccc(O)c(O)c2)cs1. The number of hydrogen-bond acceptors (Lipinski definition) is 7. The summed E-state index contributed by atoms with van der Waals surface area (Å²) in [5.74, 6) is -0.0659. The average Bonchev–Trinajstić information content (AvgIpc) is 3.04. The van der Waals surface area contributed by atoms with Crippen LogP contribution in [0.1, 0.15) is 13.3 Å². The standard InChI is InChI=1S/C16H20N2O4S2/c1-2-22-7-3-6-17-15(21)10-24-16-18-12(9-23-16)11-4-5-13(19)14(20)8-11/h4-5,8-9,19-20H,2-3,6-7,10H2,1H3,(H,17,21). The van der Waals surface area contributed by atoms with E-state index >= 15 is 0 Å². The summed E-state index contributed by atoms with van der Waals surface area (Å²) in [6.45, 7) is 3.89. The quantitative estimate of drug-likeness (QED) is 0.358. The van der Waals surface area contributed by atoms with E-state index in [2.05, 4.69) is 10.3 Å². The van der Waals surface area contributed by atoms with Crippen molar-refractivity contribution in [2.45, 2.75) is 17.7 Å². The molecule has 0 atom stereocenters. The Morgan fingerprint density at radius 2 is 2.21 bits per heavy atom. The highest BCUT2D eigenvalue weighted by Gasteiger charge is 2.09. The topological polar surface area (TPSA) is 91.7 Å². The summed E-state index contributed by atoms with van der Waals surface area (Å²) in [6, 6.07) is 4.57. The van der Waals surface area contributed by atoms with Gasteiger partial charge in [0.05, 0.1) is 11.4 Å². The minimum absolute atomic E-state index is 0.0319. The van der Waals surface area contributed by atoms with Crippen LogP contribution in [0.2, 0.25) is 0 Å². The van der Waals surface area contributed by atoms with Crippen molar-refractivity contribution in [3.05, 3.63) is 23.6 Å². The normalized spacial score (nSPS) is 10.7. The fraction of sp³-hybridized carbons (Fsp3) is 0.375. The molecule has 6 nitrogen and oxygen atoms in total. The molecule has 0 saturated carbocycles. The average molecular weight is 368 g/mol. The van der Waals surface area contributed by atoms with E-state index in [1.807, 2.05) is 12.3 Å². The number of thiazole rings is 1. The zero-order valence-electron chi connectivity index (χ0n) is 13.3. The van der Waals surface area contributed by atoms with Crippen LogP contribution in [-0.2, 0) is 9.53 Å². The van der Waals surface area contributed by atoms with Crippen molar-refractivity contribution in [2.24, 2.45) is 0 Å². The Balaban J connectivity index is 1.79. The molecule has 0 unspecified atom stereocenters. The molecule has 0 aliphatic carbocycles. The van der Waals surface area contributed by atoms with Gasteiger partial charge in [-0.25, -0.2) is 4.98 Å². The van der Waals surface area contributed by atoms with E-state index in [0.717, 1.165) is 10.8 Å². The van der Waals surface area contributed by atoms with Crippen molar-refractivity contribution in [2.75, 3.05) is 25.5 Å². The number of benzene rings is 1. The highest BCUT2D eigenvalue weighted by Crippen LogP contribution is 2.33. The molecular formula is C16H20N2O4S2. The second-order valence-corrected chi connectivity index (χ2v) is 6.97. The van der Waals surface area contributed by atoms with Crippen LogP contribution in [0.15, 0.2) is 27.9 Å². The molecule has 2 rings (SSSR count). The number of carbonyl (C=O) groups is 1. The fourth-order valence-corrected chi connectivity index (χ4v) is 3.53. The van der Waals surface area contributed by atoms with Crippen LogP contribution in [0.3, 0.4) is 0 Å². The minimum atomic E-state index is -0.180. The molecule has 1 amide bonds. The minimum Gasteiger partial charge on any atom is -0.504 e. The second kappa shape index (κ2) is 9.51. The number of thioether (sulfide) groups is 1. The number of amides is 1. The van der Waals surface area contributed by atoms with Crippen molar-refractivity contribution >= 4 is 29.0 Å². The highest BCUT2D eigenvalue weighted by atomic mass is 32.2. The van der Waals surface area contributed by atoms with Crippen LogP contribution in [0.25, 0.3) is 11.3 Å². The molecule has 1 heterocycles. The molecule has 0 fully saturated rings. The molecule has 130 valence electrons. The predicted octanol–water partition coefficient (Wildman–Crippen LogP) is 2.86. The summed E-state index contributed by atoms with van der Waals surface area (Å²) in [6.07, 6.45) is 0.802. The Morgan fingerprint density at radius 1 is 1.38 bits per heavy atom. The van der Waals surface area contributed by atoms with Gasteiger partial charge < -0.3 is 20.3 Å². The van der Waals surface area contributed by atoms with Gasteiger partial charge in [0.1, 0.15) is 0 Å². The maximum absolute atomic E-state index is 11.8. The molecule has 1 aromatic heterocycles. The van der Waals surface area contributed by atoms with E-state index in [1.165, 1.54) is 35.2 Å². The van der Waals surface area contributed by atoms with E-state index in [0.29, 0.717) is 36.8 Å². The number of hydrogen-bond donors (Lipinski definition) is 3. The third-order valence-electron chi connectivity index (χ3n) is 3.07. The molecule has 2 aromatic rings. The summed E-state index contributed by atoms with van der Waals surface area (Å²) >= 11 is 2.81. The molecule has 1 aromatic carbocycles. The molecule has 0 radical (unpaired) electrons. The van der Waals surface area contributed by atoms with Crippen LogP contribution in [0, 0.1) is 0 Å². The largest absolute Gasteiger partial charge is 0.504 e. The molecule has 24 heavy (non-hydrogen) atoms. The number of phenols is 2. The van der Waals surface area contributed by atoms with Crippen LogP contribution < -0.4 is 5.32 Å². The van der Waals surface area contributed by atoms with Gasteiger partial charge in [0.15, 0.2) is 15.8 Å². The maximum atomic E-state index is 11.8. The Morgan fingerprint density at radius 3 is 2.96 bits per heavy atom. The first-order chi connectivity index (χ1) is 11.6. The molecule has 0 spiro atoms. The van der Waals surface area contributed by atoms with Gasteiger partial charge in [-0.1, -0.05) is 11.8 Å². The van der Waals surface area contributed by atoms with Crippen molar-refractivity contribution in [1.29, 1.82) is 0 Å². The van der Waals surface area contributed by atoms with Gasteiger partial charge in [-0.15, -0.1) is 11.3 Å². The monoisotopic (exact) mass is 368 g/mol. The maximum Gasteiger partial charge on any atom is 0.230 e. The third-order valence-corrected chi connectivity index (χ3v) is 5.09. The lowest BCUT2D eigenvalue weighted by molar-refractivity contribution is -0.118. The van der Waals surface area contributed by atoms with E-state index < -0.39 is 0 Å². The Bertz CT molecular complexity index is 676. The molecule has 0 saturated heterocycles. The number of ether oxygens (including phenoxy) is 1. The fourth-order valence-electron chi connectivity index (χ4n) is 1.86. The van der Waals surface area contributed by atoms with Crippen LogP contribution in [0.5, 0.6) is 11.5 Å². The van der Waals surface area contributed by atoms with Crippen molar-refractivity contribution in [3.8, 4) is 22.8 Å². The van der Waals surface area contributed by atoms with E-state index in [4.69, 9.17) is 4.74 Å². The number of aromatic hydroxyl groups is 2. The molecule has 0 aliphatic rings. The van der Waals surface area contributed by atoms with Gasteiger partial charge in [0, 0.05) is 30.7 Å². The number of nitrogens with one attached hydrogen (secondary N) is 1. The summed E-state index contributed by atoms with van der Waals surface area (Å²) < 4.78 is 5.99. The molecule has 0 bridgehead atoms. The second-order valence-electron chi connectivity index (χ2n) is 4.89. The van der Waals surface area contributed by atoms with Gasteiger partial charge in [-0.3, -0.25) is 4.79 Å². The molecule has 0 aliphatic heterocycles. The van der Waals surface area contributed by atoms with E-state index in [-0.39, 0.29) is 17.4 Å². The third kappa shape index (κ3) is 5.70. The van der Waals surface area contributed by atoms with Crippen molar-refractivity contribution in [1.82, 2.24) is 10.3 Å². The predicted molar refractivity (Wildman–Crippen MR) is 95.7 cm³/mol. The summed E-state index contributed by atoms with van der Waals surface area (Å²) in [5, 5.41) is 23.6. The molecular weight excluding hydrogens is 348 g/mol. The van der Waals surface area contributed by atoms with Crippen LogP contribution >= 0.6 is 23.1 Å². The lowest BCUT2D eigenvalue weighted by Crippen LogP contribution is -2.26. The zero-order valence-corrected chi connectivity index (χ0v) is 15.0. The van der Waals surface area contributed by atoms with E-state index in [9.17, 15) is 15.0 Å². The number of rotatable bonds is 9. The summed E-state index contributed by atoms with van der Waals surface area (Å²) in [7, 11) is 0. The zero-order chi connectivity index (χ0) is 17.4. The Labute approximate surface area is 148 Å². The first-order valence-corrected chi connectivity index (χ1v) is 9.41. The van der Waals surface area contributed by atoms with Gasteiger partial charge in [0.2, 0.25) is 5.91 Å². The van der Waals surface area contributed by atoms with Gasteiger partial charge >= 0.3 is 0 Å². The summed E-state index contributed by atoms with van der Waals surface area (Å²) in [5.41, 5.74) is 1.42. The first kappa shape index (κ1) is 18.6. The lowest BCUT2D eigenvalue weighted by Gasteiger charge is -2.04. The number of carbonyl (C=O) groups excluding carboxylic acids is 1. The van der Waals surface area contributed by atoms with Crippen LogP contribution in [0.4, 0.5) is 0 Å². The number of phenolic OH excluding ortho intramolecular Hbond substituents is 2. The lowest BCUT2D eigenvalue weighted by atomic mass is 10.1. The van der Waals surface area contributed by atoms with Crippen molar-refractivity contribution < 1.29 is 19.7 Å². The van der Waals surface area contributed by atoms with Crippen LogP contribution in [-0.4, -0.2) is 46.6 Å². The van der Waals surface area contributed by atoms with Gasteiger partial charge in [0.25, 0.3) is 0 Å². The van der Waals surface area contributed by atoms with Gasteiger partial charge in [-0.05, 0) is 31.5 Å². The van der Waals surface area contributed by atoms with Crippen molar-refractivity contribution in [3.63, 3.8) is 0 Å². The molecule has 3 N–H and O–H groups in total. The van der Waals surface area contributed by atoms with Gasteiger partial charge in [-0.2, -0.15) is 0 Å². The van der Waals surface area contributed by atoms with E-state index in [1.54, 1.807) is 6.07 Å². The number of aromatic nitrogens is 1. The first-order valence-electron chi connectivity index (χ1n) is 7.55. The number of nitrogens with zero attached hydrogens (tertiary/aromatic N) is 1. The smallest absolute Gasteiger partial charge is 0.230 e. The summed E-state index contributed by atoms with van der Waals surface area (Å²) in [4.78, 5) is 16.2. The highest BCUT2D eigenvalue weighted by molar-refractivity contribution is 8.01.